The third kappa shape index (κ3) is 4.27. The van der Waals surface area contributed by atoms with E-state index in [1.165, 1.54) is 0 Å². The Labute approximate surface area is 95.4 Å². The van der Waals surface area contributed by atoms with Gasteiger partial charge in [-0.25, -0.2) is 9.78 Å². The van der Waals surface area contributed by atoms with Gasteiger partial charge in [0.15, 0.2) is 0 Å². The largest absolute Gasteiger partial charge is 0.333 e. The molecule has 0 radical (unpaired) electrons. The maximum Gasteiger partial charge on any atom is 0.320 e. The third-order valence-corrected chi connectivity index (χ3v) is 1.75. The average molecular weight is 222 g/mol. The van der Waals surface area contributed by atoms with Gasteiger partial charge in [-0.05, 0) is 32.9 Å². The maximum absolute atomic E-state index is 11.5. The lowest BCUT2D eigenvalue weighted by molar-refractivity contribution is 0.243. The van der Waals surface area contributed by atoms with Crippen molar-refractivity contribution in [3.05, 3.63) is 23.9 Å². The summed E-state index contributed by atoms with van der Waals surface area (Å²) < 4.78 is 0. The van der Waals surface area contributed by atoms with E-state index in [4.69, 9.17) is 5.73 Å². The standard InChI is InChI=1S/C11H18N4O/c1-11(2,3)15-10(16)14-9-6-4-5-8(7-12)13-9/h4-6H,7,12H2,1-3H3,(H2,13,14,15,16). The van der Waals surface area contributed by atoms with Crippen LogP contribution >= 0.6 is 0 Å². The summed E-state index contributed by atoms with van der Waals surface area (Å²) in [6.07, 6.45) is 0. The van der Waals surface area contributed by atoms with Crippen molar-refractivity contribution in [2.24, 2.45) is 5.73 Å². The highest BCUT2D eigenvalue weighted by Gasteiger charge is 2.13. The molecule has 0 spiro atoms. The smallest absolute Gasteiger partial charge is 0.320 e. The molecule has 5 heteroatoms. The molecule has 0 aliphatic rings. The van der Waals surface area contributed by atoms with Crippen LogP contribution in [-0.4, -0.2) is 16.6 Å². The van der Waals surface area contributed by atoms with E-state index < -0.39 is 0 Å². The van der Waals surface area contributed by atoms with E-state index in [0.29, 0.717) is 12.4 Å². The van der Waals surface area contributed by atoms with Gasteiger partial charge in [-0.1, -0.05) is 6.07 Å². The fraction of sp³-hybridized carbons (Fsp3) is 0.455. The van der Waals surface area contributed by atoms with E-state index in [2.05, 4.69) is 15.6 Å². The quantitative estimate of drug-likeness (QED) is 0.708. The number of hydrogen-bond donors (Lipinski definition) is 3. The number of amides is 2. The minimum absolute atomic E-state index is 0.268. The second kappa shape index (κ2) is 4.94. The van der Waals surface area contributed by atoms with Crippen LogP contribution in [-0.2, 0) is 6.54 Å². The highest BCUT2D eigenvalue weighted by molar-refractivity contribution is 5.88. The Balaban J connectivity index is 2.62. The first-order chi connectivity index (χ1) is 7.40. The number of nitrogens with zero attached hydrogens (tertiary/aromatic N) is 1. The van der Waals surface area contributed by atoms with E-state index in [0.717, 1.165) is 5.69 Å². The van der Waals surface area contributed by atoms with Crippen LogP contribution < -0.4 is 16.4 Å². The zero-order chi connectivity index (χ0) is 12.2. The molecule has 2 amide bonds. The Bertz CT molecular complexity index is 370. The van der Waals surface area contributed by atoms with Gasteiger partial charge in [0.05, 0.1) is 5.69 Å². The maximum atomic E-state index is 11.5. The number of urea groups is 1. The number of rotatable bonds is 2. The van der Waals surface area contributed by atoms with Crippen LogP contribution in [0.2, 0.25) is 0 Å². The molecule has 0 bridgehead atoms. The number of aromatic nitrogens is 1. The van der Waals surface area contributed by atoms with Crippen molar-refractivity contribution in [3.8, 4) is 0 Å². The summed E-state index contributed by atoms with van der Waals surface area (Å²) in [6, 6.07) is 5.07. The summed E-state index contributed by atoms with van der Waals surface area (Å²) in [5.74, 6) is 0.504. The fourth-order valence-corrected chi connectivity index (χ4v) is 1.15. The lowest BCUT2D eigenvalue weighted by atomic mass is 10.1. The van der Waals surface area contributed by atoms with Crippen LogP contribution in [0, 0.1) is 0 Å². The summed E-state index contributed by atoms with van der Waals surface area (Å²) >= 11 is 0. The van der Waals surface area contributed by atoms with Gasteiger partial charge in [0.2, 0.25) is 0 Å². The predicted molar refractivity (Wildman–Crippen MR) is 64.0 cm³/mol. The molecule has 16 heavy (non-hydrogen) atoms. The number of nitrogens with one attached hydrogen (secondary N) is 2. The van der Waals surface area contributed by atoms with Gasteiger partial charge in [-0.3, -0.25) is 5.32 Å². The number of nitrogens with two attached hydrogens (primary N) is 1. The lowest BCUT2D eigenvalue weighted by Crippen LogP contribution is -2.43. The first-order valence-corrected chi connectivity index (χ1v) is 5.16. The van der Waals surface area contributed by atoms with Crippen LogP contribution in [0.25, 0.3) is 0 Å². The van der Waals surface area contributed by atoms with Crippen molar-refractivity contribution in [1.82, 2.24) is 10.3 Å². The summed E-state index contributed by atoms with van der Waals surface area (Å²) in [6.45, 7) is 6.10. The minimum atomic E-state index is -0.269. The van der Waals surface area contributed by atoms with E-state index in [1.54, 1.807) is 6.07 Å². The topological polar surface area (TPSA) is 80.0 Å². The minimum Gasteiger partial charge on any atom is -0.333 e. The molecule has 0 fully saturated rings. The Morgan fingerprint density at radius 2 is 2.12 bits per heavy atom. The Morgan fingerprint density at radius 1 is 1.44 bits per heavy atom. The molecule has 88 valence electrons. The summed E-state index contributed by atoms with van der Waals surface area (Å²) in [4.78, 5) is 15.7. The van der Waals surface area contributed by atoms with Crippen LogP contribution in [0.15, 0.2) is 18.2 Å². The van der Waals surface area contributed by atoms with E-state index in [1.807, 2.05) is 32.9 Å². The molecule has 0 unspecified atom stereocenters. The Hall–Kier alpha value is -1.62. The van der Waals surface area contributed by atoms with Gasteiger partial charge in [-0.2, -0.15) is 0 Å². The second-order valence-electron chi connectivity index (χ2n) is 4.55. The van der Waals surface area contributed by atoms with Gasteiger partial charge < -0.3 is 11.1 Å². The Morgan fingerprint density at radius 3 is 2.69 bits per heavy atom. The summed E-state index contributed by atoms with van der Waals surface area (Å²) in [5.41, 5.74) is 5.94. The van der Waals surface area contributed by atoms with Gasteiger partial charge >= 0.3 is 6.03 Å². The fourth-order valence-electron chi connectivity index (χ4n) is 1.15. The van der Waals surface area contributed by atoms with E-state index in [9.17, 15) is 4.79 Å². The molecule has 0 saturated heterocycles. The average Bonchev–Trinajstić information content (AvgIpc) is 2.15. The van der Waals surface area contributed by atoms with Crippen LogP contribution in [0.1, 0.15) is 26.5 Å². The molecule has 0 aliphatic heterocycles. The normalized spacial score (nSPS) is 11.0. The molecule has 0 aromatic carbocycles. The number of pyridine rings is 1. The number of carbonyl (C=O) groups is 1. The molecule has 1 rings (SSSR count). The van der Waals surface area contributed by atoms with Gasteiger partial charge in [0, 0.05) is 12.1 Å². The predicted octanol–water partition coefficient (Wildman–Crippen LogP) is 1.46. The molecule has 1 heterocycles. The molecule has 0 atom stereocenters. The molecule has 1 aromatic heterocycles. The van der Waals surface area contributed by atoms with Crippen molar-refractivity contribution in [2.45, 2.75) is 32.9 Å². The van der Waals surface area contributed by atoms with Gasteiger partial charge in [0.25, 0.3) is 0 Å². The van der Waals surface area contributed by atoms with Crippen LogP contribution in [0.5, 0.6) is 0 Å². The first kappa shape index (κ1) is 12.4. The zero-order valence-electron chi connectivity index (χ0n) is 9.87. The van der Waals surface area contributed by atoms with Crippen LogP contribution in [0.3, 0.4) is 0 Å². The van der Waals surface area contributed by atoms with Crippen molar-refractivity contribution >= 4 is 11.8 Å². The molecule has 4 N–H and O–H groups in total. The Kier molecular flexibility index (Phi) is 3.84. The van der Waals surface area contributed by atoms with E-state index >= 15 is 0 Å². The zero-order valence-corrected chi connectivity index (χ0v) is 9.87. The highest BCUT2D eigenvalue weighted by atomic mass is 16.2. The van der Waals surface area contributed by atoms with E-state index in [-0.39, 0.29) is 11.6 Å². The first-order valence-electron chi connectivity index (χ1n) is 5.16. The van der Waals surface area contributed by atoms with Gasteiger partial charge in [-0.15, -0.1) is 0 Å². The monoisotopic (exact) mass is 222 g/mol. The molecule has 1 aromatic rings. The number of anilines is 1. The number of hydrogen-bond acceptors (Lipinski definition) is 3. The summed E-state index contributed by atoms with van der Waals surface area (Å²) in [5, 5.41) is 5.44. The second-order valence-corrected chi connectivity index (χ2v) is 4.55. The lowest BCUT2D eigenvalue weighted by Gasteiger charge is -2.20. The van der Waals surface area contributed by atoms with Crippen molar-refractivity contribution in [2.75, 3.05) is 5.32 Å². The van der Waals surface area contributed by atoms with Crippen LogP contribution in [0.4, 0.5) is 10.6 Å². The SMILES string of the molecule is CC(C)(C)NC(=O)Nc1cccc(CN)n1. The number of carbonyl (C=O) groups excluding carboxylic acids is 1. The molecule has 5 nitrogen and oxygen atoms in total. The third-order valence-electron chi connectivity index (χ3n) is 1.75. The summed E-state index contributed by atoms with van der Waals surface area (Å²) in [7, 11) is 0. The van der Waals surface area contributed by atoms with Crippen molar-refractivity contribution < 1.29 is 4.79 Å². The van der Waals surface area contributed by atoms with Gasteiger partial charge in [0.1, 0.15) is 5.82 Å². The van der Waals surface area contributed by atoms with Crippen molar-refractivity contribution in [1.29, 1.82) is 0 Å². The van der Waals surface area contributed by atoms with Crippen molar-refractivity contribution in [3.63, 3.8) is 0 Å². The molecular formula is C11H18N4O. The highest BCUT2D eigenvalue weighted by Crippen LogP contribution is 2.05. The molecule has 0 saturated carbocycles. The molecular weight excluding hydrogens is 204 g/mol. The molecule has 0 aliphatic carbocycles.